The zero-order chi connectivity index (χ0) is 15.1. The number of nitrogens with two attached hydrogens (primary N) is 1. The van der Waals surface area contributed by atoms with Crippen molar-refractivity contribution in [2.24, 2.45) is 0 Å². The maximum Gasteiger partial charge on any atom is 0.287 e. The lowest BCUT2D eigenvalue weighted by molar-refractivity contribution is -0.450. The number of rotatable bonds is 3. The molecule has 0 saturated carbocycles. The van der Waals surface area contributed by atoms with Crippen LogP contribution >= 0.6 is 0 Å². The van der Waals surface area contributed by atoms with Gasteiger partial charge in [-0.1, -0.05) is 25.5 Å². The first-order valence-electron chi connectivity index (χ1n) is 7.91. The van der Waals surface area contributed by atoms with E-state index < -0.39 is 0 Å². The van der Waals surface area contributed by atoms with E-state index in [1.54, 1.807) is 0 Å². The number of nitrogens with zero attached hydrogens (tertiary/aromatic N) is 2. The first-order chi connectivity index (χ1) is 10.8. The van der Waals surface area contributed by atoms with E-state index in [0.717, 1.165) is 12.2 Å². The second-order valence-corrected chi connectivity index (χ2v) is 5.84. The molecule has 0 bridgehead atoms. The summed E-state index contributed by atoms with van der Waals surface area (Å²) in [6.07, 6.45) is 2.39. The van der Waals surface area contributed by atoms with Gasteiger partial charge in [-0.05, 0) is 42.8 Å². The van der Waals surface area contributed by atoms with E-state index >= 15 is 0 Å². The number of hydrogen-bond donors (Lipinski definition) is 1. The average Bonchev–Trinajstić information content (AvgIpc) is 2.86. The summed E-state index contributed by atoms with van der Waals surface area (Å²) in [6, 6.07) is 19.1. The monoisotopic (exact) mass is 290 g/mol. The van der Waals surface area contributed by atoms with E-state index in [9.17, 15) is 0 Å². The van der Waals surface area contributed by atoms with Crippen LogP contribution in [0.15, 0.2) is 54.6 Å². The first-order valence-corrected chi connectivity index (χ1v) is 7.91. The molecule has 0 unspecified atom stereocenters. The van der Waals surface area contributed by atoms with E-state index in [0.29, 0.717) is 0 Å². The molecule has 3 heteroatoms. The number of benzene rings is 2. The minimum Gasteiger partial charge on any atom is -0.399 e. The number of pyridine rings is 1. The highest BCUT2D eigenvalue weighted by Gasteiger charge is 2.20. The van der Waals surface area contributed by atoms with Crippen molar-refractivity contribution in [1.29, 1.82) is 0 Å². The Labute approximate surface area is 129 Å². The van der Waals surface area contributed by atoms with Gasteiger partial charge in [0.15, 0.2) is 11.0 Å². The summed E-state index contributed by atoms with van der Waals surface area (Å²) in [7, 11) is 0. The fraction of sp³-hybridized carbons (Fsp3) is 0.211. The Kier molecular flexibility index (Phi) is 3.00. The van der Waals surface area contributed by atoms with Gasteiger partial charge < -0.3 is 5.73 Å². The van der Waals surface area contributed by atoms with Gasteiger partial charge in [-0.25, -0.2) is 4.57 Å². The summed E-state index contributed by atoms with van der Waals surface area (Å²) in [5.41, 5.74) is 11.7. The maximum atomic E-state index is 5.94. The van der Waals surface area contributed by atoms with Gasteiger partial charge in [-0.2, -0.15) is 4.40 Å². The Morgan fingerprint density at radius 2 is 1.86 bits per heavy atom. The topological polar surface area (TPSA) is 35.0 Å². The highest BCUT2D eigenvalue weighted by atomic mass is 15.1. The van der Waals surface area contributed by atoms with Crippen molar-refractivity contribution < 1.29 is 4.40 Å². The number of unbranched alkanes of at least 4 members (excludes halogenated alkanes) is 1. The fourth-order valence-corrected chi connectivity index (χ4v) is 3.29. The quantitative estimate of drug-likeness (QED) is 0.450. The van der Waals surface area contributed by atoms with Crippen LogP contribution < -0.4 is 10.1 Å². The number of aryl methyl sites for hydroxylation is 1. The van der Waals surface area contributed by atoms with Gasteiger partial charge >= 0.3 is 0 Å². The molecule has 0 aliphatic heterocycles. The van der Waals surface area contributed by atoms with Crippen LogP contribution in [0.25, 0.3) is 27.6 Å². The van der Waals surface area contributed by atoms with Crippen molar-refractivity contribution in [3.05, 3.63) is 54.6 Å². The fourth-order valence-electron chi connectivity index (χ4n) is 3.29. The predicted molar refractivity (Wildman–Crippen MR) is 91.9 cm³/mol. The smallest absolute Gasteiger partial charge is 0.287 e. The standard InChI is InChI=1S/C19H20N3/c1-2-3-12-21-17-6-4-5-7-18(17)22-16-10-9-15(20)13-14(16)8-11-19(21)22/h4-11,13H,2-3,12,20H2,1H3/q+1. The number of para-hydroxylation sites is 2. The molecule has 2 N–H and O–H groups in total. The Morgan fingerprint density at radius 3 is 2.73 bits per heavy atom. The summed E-state index contributed by atoms with van der Waals surface area (Å²) >= 11 is 0. The molecule has 0 spiro atoms. The molecule has 2 aromatic heterocycles. The van der Waals surface area contributed by atoms with Gasteiger partial charge in [0, 0.05) is 17.1 Å². The van der Waals surface area contributed by atoms with E-state index in [2.05, 4.69) is 58.4 Å². The van der Waals surface area contributed by atoms with Crippen LogP contribution in [0.1, 0.15) is 19.8 Å². The summed E-state index contributed by atoms with van der Waals surface area (Å²) in [6.45, 7) is 3.28. The highest BCUT2D eigenvalue weighted by Crippen LogP contribution is 2.21. The van der Waals surface area contributed by atoms with Crippen LogP contribution in [-0.4, -0.2) is 4.57 Å². The lowest BCUT2D eigenvalue weighted by Crippen LogP contribution is -2.22. The Hall–Kier alpha value is -2.55. The number of imidazole rings is 1. The van der Waals surface area contributed by atoms with Gasteiger partial charge in [0.1, 0.15) is 5.52 Å². The second kappa shape index (κ2) is 5.02. The molecule has 4 rings (SSSR count). The number of aromatic nitrogens is 2. The van der Waals surface area contributed by atoms with Crippen LogP contribution in [0.5, 0.6) is 0 Å². The summed E-state index contributed by atoms with van der Waals surface area (Å²) < 4.78 is 4.77. The van der Waals surface area contributed by atoms with Crippen LogP contribution in [0, 0.1) is 0 Å². The lowest BCUT2D eigenvalue weighted by atomic mass is 10.2. The molecular formula is C19H20N3+. The second-order valence-electron chi connectivity index (χ2n) is 5.84. The molecule has 22 heavy (non-hydrogen) atoms. The van der Waals surface area contributed by atoms with Crippen molar-refractivity contribution >= 4 is 33.3 Å². The minimum atomic E-state index is 0.808. The van der Waals surface area contributed by atoms with Crippen LogP contribution in [0.4, 0.5) is 5.69 Å². The number of anilines is 1. The van der Waals surface area contributed by atoms with Gasteiger partial charge in [0.2, 0.25) is 0 Å². The van der Waals surface area contributed by atoms with Gasteiger partial charge in [0.25, 0.3) is 5.65 Å². The third-order valence-electron chi connectivity index (χ3n) is 4.36. The van der Waals surface area contributed by atoms with Crippen molar-refractivity contribution in [2.45, 2.75) is 26.3 Å². The van der Waals surface area contributed by atoms with Gasteiger partial charge in [-0.15, -0.1) is 0 Å². The maximum absolute atomic E-state index is 5.94. The number of fused-ring (bicyclic) bond motifs is 5. The zero-order valence-electron chi connectivity index (χ0n) is 12.8. The number of nitrogen functional groups attached to an aromatic ring is 1. The third-order valence-corrected chi connectivity index (χ3v) is 4.36. The average molecular weight is 290 g/mol. The largest absolute Gasteiger partial charge is 0.399 e. The van der Waals surface area contributed by atoms with E-state index in [1.807, 2.05) is 12.1 Å². The van der Waals surface area contributed by atoms with Gasteiger partial charge in [0.05, 0.1) is 6.54 Å². The SMILES string of the molecule is CCCCn1c2ccccc2[n+]2c3ccc(N)cc3ccc12. The van der Waals surface area contributed by atoms with E-state index in [-0.39, 0.29) is 0 Å². The van der Waals surface area contributed by atoms with Crippen molar-refractivity contribution in [3.63, 3.8) is 0 Å². The molecule has 4 aromatic rings. The van der Waals surface area contributed by atoms with Gasteiger partial charge in [-0.3, -0.25) is 0 Å². The lowest BCUT2D eigenvalue weighted by Gasteiger charge is -2.00. The predicted octanol–water partition coefficient (Wildman–Crippen LogP) is 3.92. The normalized spacial score (nSPS) is 11.7. The Morgan fingerprint density at radius 1 is 1.00 bits per heavy atom. The molecule has 0 amide bonds. The molecule has 110 valence electrons. The summed E-state index contributed by atoms with van der Waals surface area (Å²) in [4.78, 5) is 0. The molecule has 0 fully saturated rings. The van der Waals surface area contributed by atoms with Crippen LogP contribution in [0.2, 0.25) is 0 Å². The molecule has 0 aliphatic carbocycles. The van der Waals surface area contributed by atoms with Crippen molar-refractivity contribution in [1.82, 2.24) is 4.57 Å². The van der Waals surface area contributed by atoms with Crippen molar-refractivity contribution in [2.75, 3.05) is 5.73 Å². The zero-order valence-corrected chi connectivity index (χ0v) is 12.8. The Bertz CT molecular complexity index is 982. The summed E-state index contributed by atoms with van der Waals surface area (Å²) in [5, 5.41) is 1.18. The van der Waals surface area contributed by atoms with E-state index in [4.69, 9.17) is 5.73 Å². The molecule has 0 radical (unpaired) electrons. The van der Waals surface area contributed by atoms with Crippen molar-refractivity contribution in [3.8, 4) is 0 Å². The van der Waals surface area contributed by atoms with E-state index in [1.165, 1.54) is 40.4 Å². The minimum absolute atomic E-state index is 0.808. The molecular weight excluding hydrogens is 270 g/mol. The molecule has 0 atom stereocenters. The molecule has 3 nitrogen and oxygen atoms in total. The van der Waals surface area contributed by atoms with Crippen LogP contribution in [0.3, 0.4) is 0 Å². The molecule has 2 heterocycles. The molecule has 0 saturated heterocycles. The summed E-state index contributed by atoms with van der Waals surface area (Å²) in [5.74, 6) is 0. The first kappa shape index (κ1) is 13.1. The number of hydrogen-bond acceptors (Lipinski definition) is 1. The Balaban J connectivity index is 2.16. The third kappa shape index (κ3) is 1.86. The molecule has 0 aliphatic rings. The highest BCUT2D eigenvalue weighted by molar-refractivity contribution is 5.84. The van der Waals surface area contributed by atoms with Crippen LogP contribution in [-0.2, 0) is 6.54 Å². The molecule has 2 aromatic carbocycles.